The van der Waals surface area contributed by atoms with Gasteiger partial charge < -0.3 is 5.32 Å². The van der Waals surface area contributed by atoms with Gasteiger partial charge in [-0.3, -0.25) is 9.48 Å². The molecule has 2 aromatic heterocycles. The van der Waals surface area contributed by atoms with Crippen LogP contribution >= 0.6 is 11.8 Å². The molecule has 1 amide bonds. The molecule has 0 aliphatic rings. The van der Waals surface area contributed by atoms with Crippen LogP contribution in [0.25, 0.3) is 11.0 Å². The Morgan fingerprint density at radius 2 is 2.21 bits per heavy atom. The molecule has 2 heterocycles. The average Bonchev–Trinajstić information content (AvgIpc) is 2.96. The molecule has 3 aromatic rings. The Morgan fingerprint density at radius 3 is 3.00 bits per heavy atom. The van der Waals surface area contributed by atoms with Crippen molar-refractivity contribution in [2.45, 2.75) is 18.5 Å². The normalized spacial score (nSPS) is 11.0. The van der Waals surface area contributed by atoms with Gasteiger partial charge in [-0.25, -0.2) is 14.4 Å². The lowest BCUT2D eigenvalue weighted by atomic mass is 10.1. The Labute approximate surface area is 142 Å². The lowest BCUT2D eigenvalue weighted by Gasteiger charge is -2.07. The summed E-state index contributed by atoms with van der Waals surface area (Å²) in [6.45, 7) is 2.07. The third kappa shape index (κ3) is 3.53. The molecule has 1 aromatic carbocycles. The molecule has 6 nitrogen and oxygen atoms in total. The van der Waals surface area contributed by atoms with Gasteiger partial charge in [-0.05, 0) is 24.1 Å². The van der Waals surface area contributed by atoms with Crippen LogP contribution in [0, 0.1) is 12.7 Å². The monoisotopic (exact) mass is 345 g/mol. The standard InChI is InChI=1S/C16H16FN5OS/c1-10-5-11(3-4-13(10)17)6-18-14(23)8-24-16-12-7-21-22(2)15(12)19-9-20-16/h3-5,7,9H,6,8H2,1-2H3,(H,18,23). The summed E-state index contributed by atoms with van der Waals surface area (Å²) in [5.74, 6) is -0.121. The van der Waals surface area contributed by atoms with Gasteiger partial charge in [0.05, 0.1) is 17.3 Å². The number of amides is 1. The van der Waals surface area contributed by atoms with Crippen LogP contribution in [0.4, 0.5) is 4.39 Å². The summed E-state index contributed by atoms with van der Waals surface area (Å²) in [5.41, 5.74) is 2.16. The molecule has 8 heteroatoms. The third-order valence-electron chi connectivity index (χ3n) is 3.54. The van der Waals surface area contributed by atoms with Gasteiger partial charge >= 0.3 is 0 Å². The smallest absolute Gasteiger partial charge is 0.230 e. The van der Waals surface area contributed by atoms with Crippen LogP contribution in [0.5, 0.6) is 0 Å². The number of hydrogen-bond donors (Lipinski definition) is 1. The predicted octanol–water partition coefficient (Wildman–Crippen LogP) is 2.22. The third-order valence-corrected chi connectivity index (χ3v) is 4.55. The summed E-state index contributed by atoms with van der Waals surface area (Å²) >= 11 is 1.34. The Hall–Kier alpha value is -2.48. The molecule has 0 spiro atoms. The molecule has 0 unspecified atom stereocenters. The Kier molecular flexibility index (Phi) is 4.75. The number of carbonyl (C=O) groups excluding carboxylic acids is 1. The van der Waals surface area contributed by atoms with Gasteiger partial charge in [-0.1, -0.05) is 23.9 Å². The van der Waals surface area contributed by atoms with Crippen molar-refractivity contribution in [3.8, 4) is 0 Å². The number of hydrogen-bond acceptors (Lipinski definition) is 5. The van der Waals surface area contributed by atoms with Crippen molar-refractivity contribution >= 4 is 28.7 Å². The van der Waals surface area contributed by atoms with E-state index in [4.69, 9.17) is 0 Å². The lowest BCUT2D eigenvalue weighted by Crippen LogP contribution is -2.24. The fourth-order valence-corrected chi connectivity index (χ4v) is 3.05. The van der Waals surface area contributed by atoms with Crippen LogP contribution in [0.15, 0.2) is 35.7 Å². The SMILES string of the molecule is Cc1cc(CNC(=O)CSc2ncnc3c2cnn3C)ccc1F. The molecule has 1 N–H and O–H groups in total. The van der Waals surface area contributed by atoms with Crippen LogP contribution in [0.1, 0.15) is 11.1 Å². The highest BCUT2D eigenvalue weighted by molar-refractivity contribution is 8.00. The van der Waals surface area contributed by atoms with Gasteiger partial charge in [0.1, 0.15) is 17.2 Å². The number of aromatic nitrogens is 4. The van der Waals surface area contributed by atoms with Gasteiger partial charge in [0.2, 0.25) is 5.91 Å². The average molecular weight is 345 g/mol. The Bertz CT molecular complexity index is 895. The van der Waals surface area contributed by atoms with E-state index in [9.17, 15) is 9.18 Å². The minimum Gasteiger partial charge on any atom is -0.351 e. The molecule has 0 aliphatic heterocycles. The van der Waals surface area contributed by atoms with E-state index in [2.05, 4.69) is 20.4 Å². The molecule has 0 aliphatic carbocycles. The molecule has 0 radical (unpaired) electrons. The highest BCUT2D eigenvalue weighted by Crippen LogP contribution is 2.23. The fraction of sp³-hybridized carbons (Fsp3) is 0.250. The number of rotatable bonds is 5. The first-order chi connectivity index (χ1) is 11.5. The maximum atomic E-state index is 13.2. The molecule has 0 bridgehead atoms. The molecule has 0 saturated heterocycles. The maximum absolute atomic E-state index is 13.2. The Balaban J connectivity index is 1.58. The van der Waals surface area contributed by atoms with E-state index >= 15 is 0 Å². The lowest BCUT2D eigenvalue weighted by molar-refractivity contribution is -0.118. The van der Waals surface area contributed by atoms with Crippen molar-refractivity contribution in [2.24, 2.45) is 7.05 Å². The number of nitrogens with one attached hydrogen (secondary N) is 1. The molecule has 24 heavy (non-hydrogen) atoms. The molecular weight excluding hydrogens is 329 g/mol. The van der Waals surface area contributed by atoms with E-state index < -0.39 is 0 Å². The molecule has 0 atom stereocenters. The molecule has 0 saturated carbocycles. The first-order valence-corrected chi connectivity index (χ1v) is 8.30. The molecular formula is C16H16FN5OS. The molecule has 124 valence electrons. The van der Waals surface area contributed by atoms with Crippen LogP contribution < -0.4 is 5.32 Å². The van der Waals surface area contributed by atoms with Crippen LogP contribution in [-0.4, -0.2) is 31.4 Å². The number of thioether (sulfide) groups is 1. The number of benzene rings is 1. The van der Waals surface area contributed by atoms with Crippen molar-refractivity contribution < 1.29 is 9.18 Å². The van der Waals surface area contributed by atoms with E-state index in [1.807, 2.05) is 0 Å². The Morgan fingerprint density at radius 1 is 1.38 bits per heavy atom. The van der Waals surface area contributed by atoms with Gasteiger partial charge in [0.25, 0.3) is 0 Å². The minimum atomic E-state index is -0.245. The summed E-state index contributed by atoms with van der Waals surface area (Å²) in [7, 11) is 1.81. The second-order valence-electron chi connectivity index (χ2n) is 5.33. The van der Waals surface area contributed by atoms with Crippen molar-refractivity contribution in [3.63, 3.8) is 0 Å². The van der Waals surface area contributed by atoms with Crippen LogP contribution in [0.3, 0.4) is 0 Å². The minimum absolute atomic E-state index is 0.113. The molecule has 0 fully saturated rings. The number of carbonyl (C=O) groups is 1. The quantitative estimate of drug-likeness (QED) is 0.567. The van der Waals surface area contributed by atoms with E-state index in [1.165, 1.54) is 24.2 Å². The number of nitrogens with zero attached hydrogens (tertiary/aromatic N) is 4. The predicted molar refractivity (Wildman–Crippen MR) is 90.0 cm³/mol. The molecule has 3 rings (SSSR count). The van der Waals surface area contributed by atoms with E-state index in [1.54, 1.807) is 37.0 Å². The number of fused-ring (bicyclic) bond motifs is 1. The maximum Gasteiger partial charge on any atom is 0.230 e. The van der Waals surface area contributed by atoms with Gasteiger partial charge in [-0.15, -0.1) is 0 Å². The summed E-state index contributed by atoms with van der Waals surface area (Å²) in [4.78, 5) is 20.4. The summed E-state index contributed by atoms with van der Waals surface area (Å²) in [6, 6.07) is 4.80. The largest absolute Gasteiger partial charge is 0.351 e. The first-order valence-electron chi connectivity index (χ1n) is 7.32. The van der Waals surface area contributed by atoms with Gasteiger partial charge in [0, 0.05) is 13.6 Å². The van der Waals surface area contributed by atoms with Crippen LogP contribution in [-0.2, 0) is 18.4 Å². The van der Waals surface area contributed by atoms with Gasteiger partial charge in [0.15, 0.2) is 5.65 Å². The van der Waals surface area contributed by atoms with Crippen molar-refractivity contribution in [1.29, 1.82) is 0 Å². The topological polar surface area (TPSA) is 72.7 Å². The zero-order valence-corrected chi connectivity index (χ0v) is 14.1. The highest BCUT2D eigenvalue weighted by Gasteiger charge is 2.10. The fourth-order valence-electron chi connectivity index (χ4n) is 2.26. The zero-order chi connectivity index (χ0) is 17.1. The van der Waals surface area contributed by atoms with E-state index in [0.29, 0.717) is 12.1 Å². The zero-order valence-electron chi connectivity index (χ0n) is 13.3. The van der Waals surface area contributed by atoms with E-state index in [-0.39, 0.29) is 17.5 Å². The van der Waals surface area contributed by atoms with Crippen molar-refractivity contribution in [2.75, 3.05) is 5.75 Å². The number of halogens is 1. The second kappa shape index (κ2) is 6.96. The summed E-state index contributed by atoms with van der Waals surface area (Å²) in [6.07, 6.45) is 3.16. The second-order valence-corrected chi connectivity index (χ2v) is 6.30. The summed E-state index contributed by atoms with van der Waals surface area (Å²) in [5, 5.41) is 8.52. The summed E-state index contributed by atoms with van der Waals surface area (Å²) < 4.78 is 14.9. The number of aryl methyl sites for hydroxylation is 2. The van der Waals surface area contributed by atoms with E-state index in [0.717, 1.165) is 21.6 Å². The first kappa shape index (κ1) is 16.4. The van der Waals surface area contributed by atoms with Crippen LogP contribution in [0.2, 0.25) is 0 Å². The van der Waals surface area contributed by atoms with Crippen molar-refractivity contribution in [3.05, 3.63) is 47.7 Å². The highest BCUT2D eigenvalue weighted by atomic mass is 32.2. The van der Waals surface area contributed by atoms with Gasteiger partial charge in [-0.2, -0.15) is 5.10 Å². The van der Waals surface area contributed by atoms with Crippen molar-refractivity contribution in [1.82, 2.24) is 25.1 Å².